The Hall–Kier alpha value is -1.95. The number of fused-ring (bicyclic) bond motifs is 1. The predicted molar refractivity (Wildman–Crippen MR) is 81.0 cm³/mol. The summed E-state index contributed by atoms with van der Waals surface area (Å²) in [5.41, 5.74) is 1.03. The Morgan fingerprint density at radius 3 is 3.00 bits per heavy atom. The molecule has 0 bridgehead atoms. The number of amides is 2. The third kappa shape index (κ3) is 3.44. The molecule has 2 heterocycles. The van der Waals surface area contributed by atoms with Crippen molar-refractivity contribution in [2.75, 3.05) is 26.5 Å². The third-order valence-electron chi connectivity index (χ3n) is 3.98. The van der Waals surface area contributed by atoms with E-state index in [1.54, 1.807) is 4.90 Å². The molecule has 120 valence electrons. The van der Waals surface area contributed by atoms with Crippen molar-refractivity contribution >= 4 is 6.03 Å². The molecule has 0 aromatic heterocycles. The molecular formula is C16H22N2O4. The van der Waals surface area contributed by atoms with Gasteiger partial charge in [0.1, 0.15) is 0 Å². The van der Waals surface area contributed by atoms with Gasteiger partial charge in [0.25, 0.3) is 0 Å². The number of nitrogens with zero attached hydrogens (tertiary/aromatic N) is 1. The van der Waals surface area contributed by atoms with E-state index >= 15 is 0 Å². The highest BCUT2D eigenvalue weighted by molar-refractivity contribution is 5.74. The molecule has 22 heavy (non-hydrogen) atoms. The van der Waals surface area contributed by atoms with Crippen molar-refractivity contribution in [2.45, 2.75) is 32.4 Å². The zero-order chi connectivity index (χ0) is 15.4. The molecule has 6 nitrogen and oxygen atoms in total. The van der Waals surface area contributed by atoms with Crippen LogP contribution in [0.15, 0.2) is 18.2 Å². The maximum absolute atomic E-state index is 12.3. The minimum atomic E-state index is -0.0596. The Morgan fingerprint density at radius 2 is 2.23 bits per heavy atom. The maximum atomic E-state index is 12.3. The van der Waals surface area contributed by atoms with Crippen LogP contribution in [0.25, 0.3) is 0 Å². The second-order valence-corrected chi connectivity index (χ2v) is 5.52. The average Bonchev–Trinajstić information content (AvgIpc) is 3.20. The second-order valence-electron chi connectivity index (χ2n) is 5.52. The van der Waals surface area contributed by atoms with Gasteiger partial charge in [-0.1, -0.05) is 6.07 Å². The number of nitrogens with one attached hydrogen (secondary N) is 1. The zero-order valence-electron chi connectivity index (χ0n) is 12.8. The number of hydrogen-bond donors (Lipinski definition) is 1. The smallest absolute Gasteiger partial charge is 0.317 e. The summed E-state index contributed by atoms with van der Waals surface area (Å²) < 4.78 is 16.2. The number of carbonyl (C=O) groups is 1. The van der Waals surface area contributed by atoms with Gasteiger partial charge >= 0.3 is 6.03 Å². The van der Waals surface area contributed by atoms with Crippen LogP contribution in [-0.4, -0.2) is 43.5 Å². The van der Waals surface area contributed by atoms with Gasteiger partial charge in [0, 0.05) is 26.2 Å². The monoisotopic (exact) mass is 306 g/mol. The van der Waals surface area contributed by atoms with Crippen LogP contribution in [0.1, 0.15) is 25.3 Å². The molecule has 3 rings (SSSR count). The van der Waals surface area contributed by atoms with Crippen LogP contribution >= 0.6 is 0 Å². The zero-order valence-corrected chi connectivity index (χ0v) is 12.8. The van der Waals surface area contributed by atoms with Gasteiger partial charge < -0.3 is 24.4 Å². The van der Waals surface area contributed by atoms with Gasteiger partial charge in [0.15, 0.2) is 11.5 Å². The molecule has 0 aliphatic carbocycles. The second kappa shape index (κ2) is 6.87. The summed E-state index contributed by atoms with van der Waals surface area (Å²) in [6.07, 6.45) is 2.26. The molecular weight excluding hydrogens is 284 g/mol. The molecule has 1 saturated heterocycles. The minimum Gasteiger partial charge on any atom is -0.454 e. The standard InChI is InChI=1S/C16H22N2O4/c1-2-18(16(19)17-9-13-4-3-7-20-13)10-12-5-6-14-15(8-12)22-11-21-14/h5-6,8,13H,2-4,7,9-11H2,1H3,(H,17,19)/t13-/m0/s1. The van der Waals surface area contributed by atoms with Gasteiger partial charge in [-0.15, -0.1) is 0 Å². The highest BCUT2D eigenvalue weighted by atomic mass is 16.7. The quantitative estimate of drug-likeness (QED) is 0.905. The molecule has 1 N–H and O–H groups in total. The first-order chi connectivity index (χ1) is 10.8. The van der Waals surface area contributed by atoms with Crippen LogP contribution in [0.3, 0.4) is 0 Å². The maximum Gasteiger partial charge on any atom is 0.317 e. The summed E-state index contributed by atoms with van der Waals surface area (Å²) in [5.74, 6) is 1.50. The first-order valence-electron chi connectivity index (χ1n) is 7.79. The van der Waals surface area contributed by atoms with Crippen LogP contribution in [0.5, 0.6) is 11.5 Å². The molecule has 0 saturated carbocycles. The number of hydrogen-bond acceptors (Lipinski definition) is 4. The molecule has 1 atom stereocenters. The third-order valence-corrected chi connectivity index (χ3v) is 3.98. The Balaban J connectivity index is 1.55. The van der Waals surface area contributed by atoms with Crippen molar-refractivity contribution < 1.29 is 19.0 Å². The van der Waals surface area contributed by atoms with E-state index in [1.165, 1.54) is 0 Å². The molecule has 0 radical (unpaired) electrons. The van der Waals surface area contributed by atoms with Crippen molar-refractivity contribution in [3.05, 3.63) is 23.8 Å². The Bertz CT molecular complexity index is 529. The number of urea groups is 1. The normalized spacial score (nSPS) is 19.2. The SMILES string of the molecule is CCN(Cc1ccc2c(c1)OCO2)C(=O)NC[C@@H]1CCCO1. The first-order valence-corrected chi connectivity index (χ1v) is 7.79. The predicted octanol–water partition coefficient (Wildman–Crippen LogP) is 2.13. The number of carbonyl (C=O) groups excluding carboxylic acids is 1. The fraction of sp³-hybridized carbons (Fsp3) is 0.562. The molecule has 0 spiro atoms. The van der Waals surface area contributed by atoms with Crippen LogP contribution in [0.2, 0.25) is 0 Å². The highest BCUT2D eigenvalue weighted by Gasteiger charge is 2.19. The highest BCUT2D eigenvalue weighted by Crippen LogP contribution is 2.32. The van der Waals surface area contributed by atoms with E-state index in [2.05, 4.69) is 5.32 Å². The summed E-state index contributed by atoms with van der Waals surface area (Å²) in [4.78, 5) is 14.0. The topological polar surface area (TPSA) is 60.0 Å². The van der Waals surface area contributed by atoms with Crippen molar-refractivity contribution in [1.82, 2.24) is 10.2 Å². The summed E-state index contributed by atoms with van der Waals surface area (Å²) in [6, 6.07) is 5.72. The lowest BCUT2D eigenvalue weighted by Crippen LogP contribution is -2.42. The Morgan fingerprint density at radius 1 is 1.36 bits per heavy atom. The van der Waals surface area contributed by atoms with Crippen LogP contribution in [-0.2, 0) is 11.3 Å². The van der Waals surface area contributed by atoms with Gasteiger partial charge in [0.05, 0.1) is 6.10 Å². The lowest BCUT2D eigenvalue weighted by Gasteiger charge is -2.22. The van der Waals surface area contributed by atoms with E-state index in [1.807, 2.05) is 25.1 Å². The Labute approximate surface area is 130 Å². The lowest BCUT2D eigenvalue weighted by atomic mass is 10.2. The summed E-state index contributed by atoms with van der Waals surface area (Å²) in [7, 11) is 0. The molecule has 2 aliphatic heterocycles. The molecule has 1 aromatic rings. The van der Waals surface area contributed by atoms with Gasteiger partial charge in [-0.05, 0) is 37.5 Å². The number of benzene rings is 1. The number of rotatable bonds is 5. The van der Waals surface area contributed by atoms with E-state index in [9.17, 15) is 4.79 Å². The fourth-order valence-corrected chi connectivity index (χ4v) is 2.71. The molecule has 2 aliphatic rings. The van der Waals surface area contributed by atoms with Gasteiger partial charge in [-0.2, -0.15) is 0 Å². The number of ether oxygens (including phenoxy) is 3. The summed E-state index contributed by atoms with van der Waals surface area (Å²) in [5, 5.41) is 2.95. The van der Waals surface area contributed by atoms with Gasteiger partial charge in [-0.3, -0.25) is 0 Å². The summed E-state index contributed by atoms with van der Waals surface area (Å²) in [6.45, 7) is 4.80. The van der Waals surface area contributed by atoms with Crippen molar-refractivity contribution in [3.63, 3.8) is 0 Å². The van der Waals surface area contributed by atoms with E-state index in [-0.39, 0.29) is 18.9 Å². The molecule has 2 amide bonds. The van der Waals surface area contributed by atoms with E-state index in [4.69, 9.17) is 14.2 Å². The fourth-order valence-electron chi connectivity index (χ4n) is 2.71. The largest absolute Gasteiger partial charge is 0.454 e. The van der Waals surface area contributed by atoms with Crippen molar-refractivity contribution in [2.24, 2.45) is 0 Å². The molecule has 0 unspecified atom stereocenters. The van der Waals surface area contributed by atoms with Crippen molar-refractivity contribution in [3.8, 4) is 11.5 Å². The molecule has 1 aromatic carbocycles. The first kappa shape index (κ1) is 15.0. The Kier molecular flexibility index (Phi) is 4.68. The van der Waals surface area contributed by atoms with Crippen molar-refractivity contribution in [1.29, 1.82) is 0 Å². The minimum absolute atomic E-state index is 0.0596. The van der Waals surface area contributed by atoms with E-state index in [0.717, 1.165) is 36.5 Å². The average molecular weight is 306 g/mol. The molecule has 6 heteroatoms. The van der Waals surface area contributed by atoms with Gasteiger partial charge in [-0.25, -0.2) is 4.79 Å². The lowest BCUT2D eigenvalue weighted by molar-refractivity contribution is 0.109. The van der Waals surface area contributed by atoms with Crippen LogP contribution in [0.4, 0.5) is 4.79 Å². The molecule has 1 fully saturated rings. The van der Waals surface area contributed by atoms with Crippen LogP contribution < -0.4 is 14.8 Å². The van der Waals surface area contributed by atoms with Crippen LogP contribution in [0, 0.1) is 0 Å². The van der Waals surface area contributed by atoms with E-state index in [0.29, 0.717) is 19.6 Å². The summed E-state index contributed by atoms with van der Waals surface area (Å²) >= 11 is 0. The van der Waals surface area contributed by atoms with E-state index < -0.39 is 0 Å². The van der Waals surface area contributed by atoms with Gasteiger partial charge in [0.2, 0.25) is 6.79 Å².